The van der Waals surface area contributed by atoms with E-state index in [0.29, 0.717) is 0 Å². The number of thiophene rings is 1. The van der Waals surface area contributed by atoms with Crippen LogP contribution in [0.15, 0.2) is 4.79 Å². The third kappa shape index (κ3) is 2.53. The number of aromatic nitrogens is 2. The number of likely N-dealkylation sites (tertiary alicyclic amines) is 1. The standard InChI is InChI=1S/C16H23N3OS/c1-10(2)19-13(9-18-7-5-6-8-18)17-15-14(16(19)20)11(3)12(4)21-15/h10H,5-9H2,1-4H3. The number of hydrogen-bond donors (Lipinski definition) is 0. The van der Waals surface area contributed by atoms with Crippen molar-refractivity contribution >= 4 is 21.6 Å². The highest BCUT2D eigenvalue weighted by Gasteiger charge is 2.20. The number of hydrogen-bond acceptors (Lipinski definition) is 4. The van der Waals surface area contributed by atoms with Gasteiger partial charge in [0.1, 0.15) is 10.7 Å². The quantitative estimate of drug-likeness (QED) is 0.873. The van der Waals surface area contributed by atoms with Gasteiger partial charge in [-0.25, -0.2) is 4.98 Å². The summed E-state index contributed by atoms with van der Waals surface area (Å²) in [5, 5.41) is 0.816. The average molecular weight is 305 g/mol. The fraction of sp³-hybridized carbons (Fsp3) is 0.625. The Hall–Kier alpha value is -1.20. The van der Waals surface area contributed by atoms with Crippen molar-refractivity contribution in [3.05, 3.63) is 26.6 Å². The van der Waals surface area contributed by atoms with Crippen LogP contribution in [0.4, 0.5) is 0 Å². The Labute approximate surface area is 129 Å². The van der Waals surface area contributed by atoms with Crippen LogP contribution < -0.4 is 5.56 Å². The van der Waals surface area contributed by atoms with Gasteiger partial charge in [-0.15, -0.1) is 11.3 Å². The molecular weight excluding hydrogens is 282 g/mol. The molecule has 3 rings (SSSR count). The topological polar surface area (TPSA) is 38.1 Å². The van der Waals surface area contributed by atoms with E-state index in [9.17, 15) is 4.79 Å². The van der Waals surface area contributed by atoms with Gasteiger partial charge in [-0.1, -0.05) is 0 Å². The van der Waals surface area contributed by atoms with Crippen molar-refractivity contribution in [3.8, 4) is 0 Å². The van der Waals surface area contributed by atoms with E-state index in [4.69, 9.17) is 4.98 Å². The fourth-order valence-electron chi connectivity index (χ4n) is 3.13. The Morgan fingerprint density at radius 2 is 1.90 bits per heavy atom. The second-order valence-electron chi connectivity index (χ2n) is 6.24. The molecule has 2 aromatic heterocycles. The molecule has 114 valence electrons. The van der Waals surface area contributed by atoms with E-state index in [1.165, 1.54) is 17.7 Å². The zero-order valence-electron chi connectivity index (χ0n) is 13.3. The van der Waals surface area contributed by atoms with Gasteiger partial charge in [0, 0.05) is 10.9 Å². The molecule has 0 amide bonds. The Kier molecular flexibility index (Phi) is 3.88. The van der Waals surface area contributed by atoms with Crippen molar-refractivity contribution < 1.29 is 0 Å². The van der Waals surface area contributed by atoms with Crippen LogP contribution in [0.2, 0.25) is 0 Å². The molecule has 1 aliphatic rings. The van der Waals surface area contributed by atoms with Gasteiger partial charge in [0.25, 0.3) is 5.56 Å². The molecule has 0 aliphatic carbocycles. The molecule has 0 spiro atoms. The van der Waals surface area contributed by atoms with Crippen molar-refractivity contribution in [2.24, 2.45) is 0 Å². The maximum Gasteiger partial charge on any atom is 0.262 e. The first-order chi connectivity index (χ1) is 9.99. The molecule has 0 saturated carbocycles. The Morgan fingerprint density at radius 1 is 1.24 bits per heavy atom. The predicted molar refractivity (Wildman–Crippen MR) is 88.3 cm³/mol. The molecule has 1 saturated heterocycles. The minimum Gasteiger partial charge on any atom is -0.296 e. The Balaban J connectivity index is 2.17. The molecule has 1 aliphatic heterocycles. The van der Waals surface area contributed by atoms with E-state index < -0.39 is 0 Å². The molecule has 1 fully saturated rings. The van der Waals surface area contributed by atoms with Crippen LogP contribution >= 0.6 is 11.3 Å². The van der Waals surface area contributed by atoms with Crippen molar-refractivity contribution in [1.82, 2.24) is 14.5 Å². The van der Waals surface area contributed by atoms with Gasteiger partial charge >= 0.3 is 0 Å². The summed E-state index contributed by atoms with van der Waals surface area (Å²) in [4.78, 5) is 22.3. The highest BCUT2D eigenvalue weighted by molar-refractivity contribution is 7.18. The van der Waals surface area contributed by atoms with Gasteiger partial charge in [0.2, 0.25) is 0 Å². The third-order valence-corrected chi connectivity index (χ3v) is 5.49. The van der Waals surface area contributed by atoms with Crippen LogP contribution in [0, 0.1) is 13.8 Å². The zero-order chi connectivity index (χ0) is 15.1. The number of rotatable bonds is 3. The van der Waals surface area contributed by atoms with Gasteiger partial charge in [-0.3, -0.25) is 14.3 Å². The highest BCUT2D eigenvalue weighted by Crippen LogP contribution is 2.27. The lowest BCUT2D eigenvalue weighted by Crippen LogP contribution is -2.31. The smallest absolute Gasteiger partial charge is 0.262 e. The minimum absolute atomic E-state index is 0.131. The Morgan fingerprint density at radius 3 is 2.52 bits per heavy atom. The second-order valence-corrected chi connectivity index (χ2v) is 7.45. The summed E-state index contributed by atoms with van der Waals surface area (Å²) in [6.45, 7) is 11.3. The molecule has 2 aromatic rings. The van der Waals surface area contributed by atoms with E-state index >= 15 is 0 Å². The van der Waals surface area contributed by atoms with E-state index in [-0.39, 0.29) is 11.6 Å². The summed E-state index contributed by atoms with van der Waals surface area (Å²) in [5.74, 6) is 0.922. The van der Waals surface area contributed by atoms with Gasteiger partial charge in [-0.2, -0.15) is 0 Å². The molecule has 0 aromatic carbocycles. The molecular formula is C16H23N3OS. The minimum atomic E-state index is 0.131. The molecule has 0 unspecified atom stereocenters. The Bertz CT molecular complexity index is 723. The SMILES string of the molecule is Cc1sc2nc(CN3CCCC3)n(C(C)C)c(=O)c2c1C. The molecule has 5 heteroatoms. The van der Waals surface area contributed by atoms with Crippen LogP contribution in [0.1, 0.15) is 49.0 Å². The molecule has 3 heterocycles. The number of fused-ring (bicyclic) bond motifs is 1. The van der Waals surface area contributed by atoms with Crippen molar-refractivity contribution in [2.45, 2.75) is 53.1 Å². The summed E-state index contributed by atoms with van der Waals surface area (Å²) in [7, 11) is 0. The van der Waals surface area contributed by atoms with Gasteiger partial charge < -0.3 is 0 Å². The first-order valence-electron chi connectivity index (χ1n) is 7.72. The normalized spacial score (nSPS) is 16.4. The van der Waals surface area contributed by atoms with Gasteiger partial charge in [-0.05, 0) is 59.2 Å². The number of nitrogens with zero attached hydrogens (tertiary/aromatic N) is 3. The van der Waals surface area contributed by atoms with Crippen LogP contribution in [-0.4, -0.2) is 27.5 Å². The lowest BCUT2D eigenvalue weighted by atomic mass is 10.2. The maximum absolute atomic E-state index is 12.9. The van der Waals surface area contributed by atoms with E-state index in [1.54, 1.807) is 11.3 Å². The third-order valence-electron chi connectivity index (χ3n) is 4.39. The van der Waals surface area contributed by atoms with Crippen molar-refractivity contribution in [1.29, 1.82) is 0 Å². The lowest BCUT2D eigenvalue weighted by molar-refractivity contribution is 0.310. The van der Waals surface area contributed by atoms with Gasteiger partial charge in [0.15, 0.2) is 0 Å². The highest BCUT2D eigenvalue weighted by atomic mass is 32.1. The van der Waals surface area contributed by atoms with Crippen LogP contribution in [-0.2, 0) is 6.54 Å². The first-order valence-corrected chi connectivity index (χ1v) is 8.54. The monoisotopic (exact) mass is 305 g/mol. The summed E-state index contributed by atoms with van der Waals surface area (Å²) in [5.41, 5.74) is 1.22. The maximum atomic E-state index is 12.9. The van der Waals surface area contributed by atoms with Crippen molar-refractivity contribution in [3.63, 3.8) is 0 Å². The lowest BCUT2D eigenvalue weighted by Gasteiger charge is -2.20. The first kappa shape index (κ1) is 14.7. The van der Waals surface area contributed by atoms with E-state index in [1.807, 2.05) is 11.5 Å². The number of aryl methyl sites for hydroxylation is 2. The molecule has 21 heavy (non-hydrogen) atoms. The summed E-state index contributed by atoms with van der Waals surface area (Å²) in [6.07, 6.45) is 2.51. The fourth-order valence-corrected chi connectivity index (χ4v) is 4.17. The average Bonchev–Trinajstić information content (AvgIpc) is 2.99. The molecule has 0 bridgehead atoms. The molecule has 0 atom stereocenters. The zero-order valence-corrected chi connectivity index (χ0v) is 14.1. The van der Waals surface area contributed by atoms with Crippen molar-refractivity contribution in [2.75, 3.05) is 13.1 Å². The largest absolute Gasteiger partial charge is 0.296 e. The van der Waals surface area contributed by atoms with Crippen LogP contribution in [0.3, 0.4) is 0 Å². The van der Waals surface area contributed by atoms with Crippen LogP contribution in [0.5, 0.6) is 0 Å². The summed E-state index contributed by atoms with van der Waals surface area (Å²) < 4.78 is 1.89. The molecule has 4 nitrogen and oxygen atoms in total. The predicted octanol–water partition coefficient (Wildman–Crippen LogP) is 3.25. The summed E-state index contributed by atoms with van der Waals surface area (Å²) >= 11 is 1.64. The summed E-state index contributed by atoms with van der Waals surface area (Å²) in [6, 6.07) is 0.145. The van der Waals surface area contributed by atoms with Gasteiger partial charge in [0.05, 0.1) is 11.9 Å². The molecule has 0 radical (unpaired) electrons. The second kappa shape index (κ2) is 5.54. The van der Waals surface area contributed by atoms with E-state index in [0.717, 1.165) is 41.2 Å². The molecule has 0 N–H and O–H groups in total. The van der Waals surface area contributed by atoms with Crippen LogP contribution in [0.25, 0.3) is 10.2 Å². The van der Waals surface area contributed by atoms with E-state index in [2.05, 4.69) is 25.7 Å².